The van der Waals surface area contributed by atoms with Gasteiger partial charge in [-0.1, -0.05) is 17.7 Å². The molecule has 0 spiro atoms. The van der Waals surface area contributed by atoms with Crippen LogP contribution in [0.4, 0.5) is 0 Å². The van der Waals surface area contributed by atoms with E-state index in [0.717, 1.165) is 11.3 Å². The number of nitrogens with two attached hydrogens (primary N) is 1. The lowest BCUT2D eigenvalue weighted by molar-refractivity contribution is 0.427. The van der Waals surface area contributed by atoms with Gasteiger partial charge in [0.05, 0.1) is 5.69 Å². The fourth-order valence-corrected chi connectivity index (χ4v) is 2.08. The van der Waals surface area contributed by atoms with Crippen LogP contribution in [0.15, 0.2) is 18.2 Å². The molecule has 0 atom stereocenters. The Balaban J connectivity index is 2.46. The highest BCUT2D eigenvalue weighted by molar-refractivity contribution is 5.98. The molecule has 0 radical (unpaired) electrons. The lowest BCUT2D eigenvalue weighted by Gasteiger charge is -2.11. The Hall–Kier alpha value is -2.30. The quantitative estimate of drug-likeness (QED) is 0.655. The Kier molecular flexibility index (Phi) is 3.29. The van der Waals surface area contributed by atoms with E-state index in [-0.39, 0.29) is 5.84 Å². The molecule has 0 fully saturated rings. The Morgan fingerprint density at radius 3 is 2.58 bits per heavy atom. The van der Waals surface area contributed by atoms with Crippen LogP contribution in [0.1, 0.15) is 22.4 Å². The van der Waals surface area contributed by atoms with E-state index in [9.17, 15) is 0 Å². The zero-order valence-electron chi connectivity index (χ0n) is 11.6. The van der Waals surface area contributed by atoms with E-state index in [4.69, 9.17) is 15.9 Å². The fourth-order valence-electron chi connectivity index (χ4n) is 2.08. The molecule has 0 saturated carbocycles. The smallest absolute Gasteiger partial charge is 0.228 e. The largest absolute Gasteiger partial charge is 0.438 e. The second kappa shape index (κ2) is 4.76. The van der Waals surface area contributed by atoms with Crippen molar-refractivity contribution >= 4 is 5.84 Å². The average Bonchev–Trinajstić information content (AvgIpc) is 2.57. The van der Waals surface area contributed by atoms with Crippen LogP contribution >= 0.6 is 0 Å². The number of hydrogen-bond acceptors (Lipinski definition) is 3. The third-order valence-electron chi connectivity index (χ3n) is 2.98. The van der Waals surface area contributed by atoms with E-state index in [2.05, 4.69) is 5.10 Å². The summed E-state index contributed by atoms with van der Waals surface area (Å²) in [5.74, 6) is 1.21. The number of aryl methyl sites for hydroxylation is 4. The van der Waals surface area contributed by atoms with Gasteiger partial charge in [-0.3, -0.25) is 5.41 Å². The number of hydrogen-bond donors (Lipinski definition) is 2. The minimum absolute atomic E-state index is 0.0367. The molecule has 0 unspecified atom stereocenters. The molecule has 0 aliphatic carbocycles. The Morgan fingerprint density at radius 2 is 2.00 bits per heavy atom. The van der Waals surface area contributed by atoms with Crippen LogP contribution in [0, 0.1) is 26.2 Å². The highest BCUT2D eigenvalue weighted by Crippen LogP contribution is 2.29. The molecule has 0 aliphatic rings. The van der Waals surface area contributed by atoms with Crippen LogP contribution in [0.3, 0.4) is 0 Å². The molecule has 19 heavy (non-hydrogen) atoms. The molecule has 0 bridgehead atoms. The first kappa shape index (κ1) is 13.1. The maximum atomic E-state index is 7.63. The van der Waals surface area contributed by atoms with Gasteiger partial charge < -0.3 is 10.5 Å². The van der Waals surface area contributed by atoms with Gasteiger partial charge in [-0.05, 0) is 32.4 Å². The van der Waals surface area contributed by atoms with E-state index < -0.39 is 0 Å². The highest BCUT2D eigenvalue weighted by Gasteiger charge is 2.18. The van der Waals surface area contributed by atoms with Gasteiger partial charge in [-0.15, -0.1) is 0 Å². The van der Waals surface area contributed by atoms with E-state index in [1.807, 2.05) is 39.0 Å². The number of aromatic nitrogens is 2. The second-order valence-corrected chi connectivity index (χ2v) is 4.67. The third-order valence-corrected chi connectivity index (χ3v) is 2.98. The Labute approximate surface area is 112 Å². The number of ether oxygens (including phenoxy) is 1. The maximum Gasteiger partial charge on any atom is 0.228 e. The zero-order valence-corrected chi connectivity index (χ0v) is 11.6. The lowest BCUT2D eigenvalue weighted by atomic mass is 10.1. The number of amidine groups is 1. The first-order valence-electron chi connectivity index (χ1n) is 6.03. The molecule has 1 aromatic carbocycles. The molecule has 2 rings (SSSR count). The van der Waals surface area contributed by atoms with Crippen LogP contribution in [-0.2, 0) is 7.05 Å². The lowest BCUT2D eigenvalue weighted by Crippen LogP contribution is -2.13. The Bertz CT molecular complexity index is 643. The van der Waals surface area contributed by atoms with Crippen LogP contribution in [0.2, 0.25) is 0 Å². The molecule has 1 heterocycles. The minimum atomic E-state index is -0.0367. The summed E-state index contributed by atoms with van der Waals surface area (Å²) in [6.45, 7) is 5.83. The molecule has 2 aromatic rings. The first-order valence-corrected chi connectivity index (χ1v) is 6.03. The molecule has 0 amide bonds. The minimum Gasteiger partial charge on any atom is -0.438 e. The predicted octanol–water partition coefficient (Wildman–Crippen LogP) is 2.42. The summed E-state index contributed by atoms with van der Waals surface area (Å²) in [7, 11) is 1.78. The van der Waals surface area contributed by atoms with Gasteiger partial charge in [0.15, 0.2) is 0 Å². The summed E-state index contributed by atoms with van der Waals surface area (Å²) in [4.78, 5) is 0. The number of nitrogen functional groups attached to an aromatic ring is 1. The SMILES string of the molecule is Cc1ccc(Oc2c(C(=N)N)c(C)nn2C)c(C)c1. The van der Waals surface area contributed by atoms with Gasteiger partial charge in [0.25, 0.3) is 0 Å². The number of rotatable bonds is 3. The van der Waals surface area contributed by atoms with Crippen molar-refractivity contribution in [3.63, 3.8) is 0 Å². The first-order chi connectivity index (χ1) is 8.90. The van der Waals surface area contributed by atoms with Gasteiger partial charge in [0.2, 0.25) is 5.88 Å². The third kappa shape index (κ3) is 2.45. The molecule has 5 heteroatoms. The van der Waals surface area contributed by atoms with E-state index in [0.29, 0.717) is 17.1 Å². The van der Waals surface area contributed by atoms with Crippen molar-refractivity contribution in [2.75, 3.05) is 0 Å². The van der Waals surface area contributed by atoms with Crippen LogP contribution in [0.25, 0.3) is 0 Å². The summed E-state index contributed by atoms with van der Waals surface area (Å²) in [6, 6.07) is 5.95. The summed E-state index contributed by atoms with van der Waals surface area (Å²) >= 11 is 0. The summed E-state index contributed by atoms with van der Waals surface area (Å²) in [6.07, 6.45) is 0. The number of nitrogens with one attached hydrogen (secondary N) is 1. The van der Waals surface area contributed by atoms with Crippen LogP contribution in [-0.4, -0.2) is 15.6 Å². The molecule has 1 aromatic heterocycles. The molecule has 5 nitrogen and oxygen atoms in total. The summed E-state index contributed by atoms with van der Waals surface area (Å²) in [5, 5.41) is 11.9. The zero-order chi connectivity index (χ0) is 14.2. The number of nitrogens with zero attached hydrogens (tertiary/aromatic N) is 2. The second-order valence-electron chi connectivity index (χ2n) is 4.67. The average molecular weight is 258 g/mol. The van der Waals surface area contributed by atoms with Gasteiger partial charge in [0, 0.05) is 7.05 Å². The standard InChI is InChI=1S/C14H18N4O/c1-8-5-6-11(9(2)7-8)19-14-12(13(15)16)10(3)17-18(14)4/h5-7H,1-4H3,(H3,15,16). The summed E-state index contributed by atoms with van der Waals surface area (Å²) in [5.41, 5.74) is 9.04. The van der Waals surface area contributed by atoms with Crippen molar-refractivity contribution in [2.45, 2.75) is 20.8 Å². The molecule has 0 saturated heterocycles. The molecule has 0 aliphatic heterocycles. The van der Waals surface area contributed by atoms with Crippen molar-refractivity contribution in [1.82, 2.24) is 9.78 Å². The monoisotopic (exact) mass is 258 g/mol. The summed E-state index contributed by atoms with van der Waals surface area (Å²) < 4.78 is 7.49. The van der Waals surface area contributed by atoms with Crippen LogP contribution < -0.4 is 10.5 Å². The highest BCUT2D eigenvalue weighted by atomic mass is 16.5. The van der Waals surface area contributed by atoms with Crippen molar-refractivity contribution < 1.29 is 4.74 Å². The topological polar surface area (TPSA) is 76.9 Å². The fraction of sp³-hybridized carbons (Fsp3) is 0.286. The van der Waals surface area contributed by atoms with E-state index >= 15 is 0 Å². The normalized spacial score (nSPS) is 10.5. The van der Waals surface area contributed by atoms with Gasteiger partial charge in [-0.2, -0.15) is 5.10 Å². The molecular weight excluding hydrogens is 240 g/mol. The van der Waals surface area contributed by atoms with Crippen molar-refractivity contribution in [2.24, 2.45) is 12.8 Å². The predicted molar refractivity (Wildman–Crippen MR) is 75.0 cm³/mol. The van der Waals surface area contributed by atoms with Crippen LogP contribution in [0.5, 0.6) is 11.6 Å². The molecule has 3 N–H and O–H groups in total. The van der Waals surface area contributed by atoms with Gasteiger partial charge in [-0.25, -0.2) is 4.68 Å². The van der Waals surface area contributed by atoms with Gasteiger partial charge >= 0.3 is 0 Å². The van der Waals surface area contributed by atoms with Crippen molar-refractivity contribution in [3.8, 4) is 11.6 Å². The number of benzene rings is 1. The maximum absolute atomic E-state index is 7.63. The van der Waals surface area contributed by atoms with E-state index in [1.165, 1.54) is 5.56 Å². The van der Waals surface area contributed by atoms with Crippen molar-refractivity contribution in [1.29, 1.82) is 5.41 Å². The molecule has 100 valence electrons. The van der Waals surface area contributed by atoms with Crippen molar-refractivity contribution in [3.05, 3.63) is 40.6 Å². The molecular formula is C14H18N4O. The Morgan fingerprint density at radius 1 is 1.32 bits per heavy atom. The van der Waals surface area contributed by atoms with E-state index in [1.54, 1.807) is 11.7 Å². The van der Waals surface area contributed by atoms with Gasteiger partial charge in [0.1, 0.15) is 17.1 Å².